The number of aryl methyl sites for hydroxylation is 1. The highest BCUT2D eigenvalue weighted by Gasteiger charge is 2.35. The van der Waals surface area contributed by atoms with Crippen LogP contribution in [-0.4, -0.2) is 40.7 Å². The highest BCUT2D eigenvalue weighted by atomic mass is 16.3. The number of hydrogen-bond acceptors (Lipinski definition) is 4. The third-order valence-electron chi connectivity index (χ3n) is 5.38. The maximum Gasteiger partial charge on any atom is 0.221 e. The molecule has 144 valence electrons. The first kappa shape index (κ1) is 19.5. The molecule has 0 saturated carbocycles. The van der Waals surface area contributed by atoms with Crippen molar-refractivity contribution in [1.82, 2.24) is 4.90 Å². The first-order chi connectivity index (χ1) is 12.9. The largest absolute Gasteiger partial charge is 0.387 e. The molecule has 0 spiro atoms. The molecule has 1 fully saturated rings. The van der Waals surface area contributed by atoms with E-state index in [4.69, 9.17) is 0 Å². The fourth-order valence-corrected chi connectivity index (χ4v) is 3.81. The Kier molecular flexibility index (Phi) is 5.95. The first-order valence-corrected chi connectivity index (χ1v) is 9.44. The van der Waals surface area contributed by atoms with Crippen LogP contribution < -0.4 is 5.32 Å². The Hall–Kier alpha value is -2.21. The predicted molar refractivity (Wildman–Crippen MR) is 106 cm³/mol. The molecule has 0 aliphatic carbocycles. The van der Waals surface area contributed by atoms with Crippen molar-refractivity contribution in [1.29, 1.82) is 0 Å². The molecule has 0 radical (unpaired) electrons. The number of aliphatic hydroxyl groups is 2. The number of anilines is 1. The molecule has 1 amide bonds. The molecule has 0 aromatic heterocycles. The van der Waals surface area contributed by atoms with Gasteiger partial charge in [0.2, 0.25) is 5.91 Å². The number of hydrogen-bond donors (Lipinski definition) is 3. The number of rotatable bonds is 5. The molecule has 5 nitrogen and oxygen atoms in total. The molecule has 27 heavy (non-hydrogen) atoms. The van der Waals surface area contributed by atoms with Crippen LogP contribution in [0.5, 0.6) is 0 Å². The molecule has 1 atom stereocenters. The van der Waals surface area contributed by atoms with Gasteiger partial charge in [-0.1, -0.05) is 36.4 Å². The summed E-state index contributed by atoms with van der Waals surface area (Å²) >= 11 is 0. The Labute approximate surface area is 160 Å². The summed E-state index contributed by atoms with van der Waals surface area (Å²) in [6.07, 6.45) is 0.721. The first-order valence-electron chi connectivity index (χ1n) is 9.44. The zero-order valence-electron chi connectivity index (χ0n) is 16.0. The van der Waals surface area contributed by atoms with Gasteiger partial charge < -0.3 is 20.4 Å². The molecule has 1 saturated heterocycles. The number of carbonyl (C=O) groups excluding carboxylic acids is 1. The third kappa shape index (κ3) is 4.75. The van der Waals surface area contributed by atoms with E-state index in [-0.39, 0.29) is 5.91 Å². The Morgan fingerprint density at radius 1 is 1.15 bits per heavy atom. The van der Waals surface area contributed by atoms with Crippen LogP contribution in [0.25, 0.3) is 0 Å². The minimum atomic E-state index is -0.785. The van der Waals surface area contributed by atoms with E-state index in [1.165, 1.54) is 6.92 Å². The summed E-state index contributed by atoms with van der Waals surface area (Å²) in [6.45, 7) is 5.52. The van der Waals surface area contributed by atoms with E-state index in [0.29, 0.717) is 19.4 Å². The Morgan fingerprint density at radius 3 is 2.37 bits per heavy atom. The molecule has 1 unspecified atom stereocenters. The lowest BCUT2D eigenvalue weighted by molar-refractivity contribution is -0.114. The second-order valence-electron chi connectivity index (χ2n) is 7.47. The predicted octanol–water partition coefficient (Wildman–Crippen LogP) is 2.97. The van der Waals surface area contributed by atoms with Gasteiger partial charge in [0.1, 0.15) is 0 Å². The second kappa shape index (κ2) is 8.21. The molecule has 1 aliphatic rings. The SMILES string of the molecule is CC(=O)Nc1ccc(C(O)CN2CCC(O)(c3ccccc3C)CC2)cc1. The summed E-state index contributed by atoms with van der Waals surface area (Å²) < 4.78 is 0. The lowest BCUT2D eigenvalue weighted by atomic mass is 9.82. The number of nitrogens with zero attached hydrogens (tertiary/aromatic N) is 1. The van der Waals surface area contributed by atoms with E-state index >= 15 is 0 Å². The van der Waals surface area contributed by atoms with Crippen LogP contribution in [0.4, 0.5) is 5.69 Å². The zero-order chi connectivity index (χ0) is 19.4. The van der Waals surface area contributed by atoms with Gasteiger partial charge in [-0.2, -0.15) is 0 Å². The molecule has 1 heterocycles. The molecule has 1 aliphatic heterocycles. The van der Waals surface area contributed by atoms with Crippen molar-refractivity contribution in [3.8, 4) is 0 Å². The topological polar surface area (TPSA) is 72.8 Å². The van der Waals surface area contributed by atoms with Gasteiger partial charge in [0.25, 0.3) is 0 Å². The highest BCUT2D eigenvalue weighted by molar-refractivity contribution is 5.88. The number of β-amino-alcohol motifs (C(OH)–C–C–N with tert-alkyl or cyclic N) is 1. The smallest absolute Gasteiger partial charge is 0.221 e. The maximum atomic E-state index is 11.1. The molecule has 3 N–H and O–H groups in total. The molecular formula is C22H28N2O3. The minimum Gasteiger partial charge on any atom is -0.387 e. The van der Waals surface area contributed by atoms with Crippen LogP contribution in [0.2, 0.25) is 0 Å². The number of piperidine rings is 1. The van der Waals surface area contributed by atoms with Crippen molar-refractivity contribution in [2.45, 2.75) is 38.4 Å². The number of nitrogens with one attached hydrogen (secondary N) is 1. The van der Waals surface area contributed by atoms with Crippen LogP contribution in [0, 0.1) is 6.92 Å². The summed E-state index contributed by atoms with van der Waals surface area (Å²) in [5, 5.41) is 24.3. The standard InChI is InChI=1S/C22H28N2O3/c1-16-5-3-4-6-20(16)22(27)11-13-24(14-12-22)15-21(26)18-7-9-19(10-8-18)23-17(2)25/h3-10,21,26-27H,11-15H2,1-2H3,(H,23,25). The molecule has 2 aromatic rings. The van der Waals surface area contributed by atoms with Gasteiger partial charge >= 0.3 is 0 Å². The lowest BCUT2D eigenvalue weighted by Gasteiger charge is -2.39. The average molecular weight is 368 g/mol. The Bertz CT molecular complexity index is 780. The summed E-state index contributed by atoms with van der Waals surface area (Å²) in [6, 6.07) is 15.3. The normalized spacial score (nSPS) is 18.1. The van der Waals surface area contributed by atoms with Crippen LogP contribution in [0.3, 0.4) is 0 Å². The molecular weight excluding hydrogens is 340 g/mol. The van der Waals surface area contributed by atoms with E-state index in [0.717, 1.165) is 35.5 Å². The van der Waals surface area contributed by atoms with Crippen molar-refractivity contribution in [3.63, 3.8) is 0 Å². The third-order valence-corrected chi connectivity index (χ3v) is 5.38. The highest BCUT2D eigenvalue weighted by Crippen LogP contribution is 2.35. The van der Waals surface area contributed by atoms with Gasteiger partial charge in [-0.3, -0.25) is 4.79 Å². The molecule has 0 bridgehead atoms. The van der Waals surface area contributed by atoms with Crippen LogP contribution in [0.15, 0.2) is 48.5 Å². The van der Waals surface area contributed by atoms with Gasteiger partial charge in [0.05, 0.1) is 11.7 Å². The van der Waals surface area contributed by atoms with Gasteiger partial charge in [0, 0.05) is 32.2 Å². The van der Waals surface area contributed by atoms with E-state index < -0.39 is 11.7 Å². The van der Waals surface area contributed by atoms with E-state index in [9.17, 15) is 15.0 Å². The Morgan fingerprint density at radius 2 is 1.78 bits per heavy atom. The van der Waals surface area contributed by atoms with Crippen molar-refractivity contribution in [3.05, 3.63) is 65.2 Å². The summed E-state index contributed by atoms with van der Waals surface area (Å²) in [4.78, 5) is 13.3. The number of benzene rings is 2. The van der Waals surface area contributed by atoms with Gasteiger partial charge in [-0.15, -0.1) is 0 Å². The van der Waals surface area contributed by atoms with Crippen molar-refractivity contribution in [2.24, 2.45) is 0 Å². The van der Waals surface area contributed by atoms with E-state index in [1.807, 2.05) is 43.3 Å². The number of carbonyl (C=O) groups is 1. The van der Waals surface area contributed by atoms with E-state index in [2.05, 4.69) is 10.2 Å². The summed E-state index contributed by atoms with van der Waals surface area (Å²) in [5.74, 6) is -0.113. The van der Waals surface area contributed by atoms with Gasteiger partial charge in [0.15, 0.2) is 0 Å². The summed E-state index contributed by atoms with van der Waals surface area (Å²) in [7, 11) is 0. The monoisotopic (exact) mass is 368 g/mol. The lowest BCUT2D eigenvalue weighted by Crippen LogP contribution is -2.44. The van der Waals surface area contributed by atoms with Crippen molar-refractivity contribution < 1.29 is 15.0 Å². The summed E-state index contributed by atoms with van der Waals surface area (Å²) in [5.41, 5.74) is 2.89. The number of amides is 1. The van der Waals surface area contributed by atoms with Crippen molar-refractivity contribution >= 4 is 11.6 Å². The second-order valence-corrected chi connectivity index (χ2v) is 7.47. The number of aliphatic hydroxyl groups excluding tert-OH is 1. The van der Waals surface area contributed by atoms with Gasteiger partial charge in [-0.05, 0) is 48.6 Å². The molecule has 5 heteroatoms. The molecule has 3 rings (SSSR count). The van der Waals surface area contributed by atoms with Gasteiger partial charge in [-0.25, -0.2) is 0 Å². The van der Waals surface area contributed by atoms with E-state index in [1.54, 1.807) is 12.1 Å². The van der Waals surface area contributed by atoms with Crippen LogP contribution >= 0.6 is 0 Å². The molecule has 2 aromatic carbocycles. The quantitative estimate of drug-likeness (QED) is 0.759. The number of likely N-dealkylation sites (tertiary alicyclic amines) is 1. The average Bonchev–Trinajstić information content (AvgIpc) is 2.64. The fraction of sp³-hybridized carbons (Fsp3) is 0.409. The minimum absolute atomic E-state index is 0.113. The fourth-order valence-electron chi connectivity index (χ4n) is 3.81. The Balaban J connectivity index is 1.57. The van der Waals surface area contributed by atoms with Crippen LogP contribution in [-0.2, 0) is 10.4 Å². The maximum absolute atomic E-state index is 11.1. The zero-order valence-corrected chi connectivity index (χ0v) is 16.0. The van der Waals surface area contributed by atoms with Crippen molar-refractivity contribution in [2.75, 3.05) is 25.0 Å². The van der Waals surface area contributed by atoms with Crippen LogP contribution in [0.1, 0.15) is 42.6 Å².